The van der Waals surface area contributed by atoms with Crippen molar-refractivity contribution < 1.29 is 8.78 Å². The Morgan fingerprint density at radius 2 is 1.68 bits per heavy atom. The lowest BCUT2D eigenvalue weighted by molar-refractivity contribution is 0.626. The van der Waals surface area contributed by atoms with E-state index in [1.165, 1.54) is 36.0 Å². The molecule has 5 heteroatoms. The molecular formula is C14H12F2N2S. The summed E-state index contributed by atoms with van der Waals surface area (Å²) in [5.41, 5.74) is 6.61. The van der Waals surface area contributed by atoms with Gasteiger partial charge in [0, 0.05) is 16.2 Å². The summed E-state index contributed by atoms with van der Waals surface area (Å²) in [5, 5.41) is 7.44. The van der Waals surface area contributed by atoms with Gasteiger partial charge in [0.15, 0.2) is 0 Å². The van der Waals surface area contributed by atoms with Crippen LogP contribution in [0.25, 0.3) is 0 Å². The highest BCUT2D eigenvalue weighted by atomic mass is 32.2. The van der Waals surface area contributed by atoms with Crippen molar-refractivity contribution in [2.45, 2.75) is 10.6 Å². The van der Waals surface area contributed by atoms with E-state index in [0.29, 0.717) is 11.3 Å². The number of nitrogen functional groups attached to an aromatic ring is 1. The van der Waals surface area contributed by atoms with Crippen molar-refractivity contribution in [2.24, 2.45) is 5.73 Å². The normalized spacial score (nSPS) is 10.4. The number of benzene rings is 2. The topological polar surface area (TPSA) is 49.9 Å². The maximum absolute atomic E-state index is 13.1. The first-order chi connectivity index (χ1) is 9.06. The molecule has 0 unspecified atom stereocenters. The van der Waals surface area contributed by atoms with Crippen LogP contribution < -0.4 is 5.73 Å². The summed E-state index contributed by atoms with van der Waals surface area (Å²) in [5.74, 6) is -0.314. The summed E-state index contributed by atoms with van der Waals surface area (Å²) in [6, 6.07) is 10.3. The quantitative estimate of drug-likeness (QED) is 0.510. The van der Waals surface area contributed by atoms with Crippen LogP contribution in [0.4, 0.5) is 8.78 Å². The molecule has 3 N–H and O–H groups in total. The zero-order valence-electron chi connectivity index (χ0n) is 9.99. The third kappa shape index (κ3) is 3.54. The molecule has 0 aliphatic heterocycles. The number of amidine groups is 1. The second kappa shape index (κ2) is 5.84. The first-order valence-electron chi connectivity index (χ1n) is 5.57. The maximum Gasteiger partial charge on any atom is 0.123 e. The SMILES string of the molecule is N=C(N)c1cc(F)ccc1CSc1ccc(F)cc1. The highest BCUT2D eigenvalue weighted by Crippen LogP contribution is 2.25. The lowest BCUT2D eigenvalue weighted by atomic mass is 10.1. The number of hydrogen-bond donors (Lipinski definition) is 2. The van der Waals surface area contributed by atoms with Gasteiger partial charge in [-0.15, -0.1) is 11.8 Å². The Hall–Kier alpha value is -1.88. The van der Waals surface area contributed by atoms with E-state index in [9.17, 15) is 8.78 Å². The van der Waals surface area contributed by atoms with Crippen molar-refractivity contribution in [3.05, 3.63) is 65.2 Å². The Balaban J connectivity index is 2.15. The van der Waals surface area contributed by atoms with Crippen molar-refractivity contribution in [1.29, 1.82) is 5.41 Å². The van der Waals surface area contributed by atoms with E-state index in [1.807, 2.05) is 0 Å². The molecule has 0 atom stereocenters. The van der Waals surface area contributed by atoms with Gasteiger partial charge in [-0.25, -0.2) is 8.78 Å². The molecule has 2 rings (SSSR count). The van der Waals surface area contributed by atoms with Crippen LogP contribution in [0.2, 0.25) is 0 Å². The van der Waals surface area contributed by atoms with Gasteiger partial charge in [0.1, 0.15) is 17.5 Å². The van der Waals surface area contributed by atoms with E-state index in [-0.39, 0.29) is 11.7 Å². The number of nitrogens with one attached hydrogen (secondary N) is 1. The average Bonchev–Trinajstić information content (AvgIpc) is 2.39. The second-order valence-electron chi connectivity index (χ2n) is 3.96. The Kier molecular flexibility index (Phi) is 4.16. The molecule has 2 nitrogen and oxygen atoms in total. The predicted octanol–water partition coefficient (Wildman–Crippen LogP) is 3.54. The molecule has 0 bridgehead atoms. The van der Waals surface area contributed by atoms with Crippen molar-refractivity contribution in [3.8, 4) is 0 Å². The molecule has 0 saturated carbocycles. The van der Waals surface area contributed by atoms with E-state index in [2.05, 4.69) is 0 Å². The molecule has 0 amide bonds. The molecule has 19 heavy (non-hydrogen) atoms. The van der Waals surface area contributed by atoms with Crippen LogP contribution in [-0.4, -0.2) is 5.84 Å². The van der Waals surface area contributed by atoms with Gasteiger partial charge in [0.05, 0.1) is 0 Å². The Labute approximate surface area is 114 Å². The fourth-order valence-corrected chi connectivity index (χ4v) is 2.52. The van der Waals surface area contributed by atoms with Crippen molar-refractivity contribution >= 4 is 17.6 Å². The zero-order valence-corrected chi connectivity index (χ0v) is 10.8. The maximum atomic E-state index is 13.1. The smallest absolute Gasteiger partial charge is 0.123 e. The van der Waals surface area contributed by atoms with Crippen LogP contribution in [0, 0.1) is 17.0 Å². The number of halogens is 2. The minimum absolute atomic E-state index is 0.158. The van der Waals surface area contributed by atoms with E-state index in [0.717, 1.165) is 10.5 Å². The summed E-state index contributed by atoms with van der Waals surface area (Å²) in [7, 11) is 0. The van der Waals surface area contributed by atoms with Crippen LogP contribution >= 0.6 is 11.8 Å². The first-order valence-corrected chi connectivity index (χ1v) is 6.56. The summed E-state index contributed by atoms with van der Waals surface area (Å²) >= 11 is 1.48. The lowest BCUT2D eigenvalue weighted by Crippen LogP contribution is -2.13. The molecular weight excluding hydrogens is 266 g/mol. The van der Waals surface area contributed by atoms with Crippen molar-refractivity contribution in [2.75, 3.05) is 0 Å². The molecule has 0 aromatic heterocycles. The minimum Gasteiger partial charge on any atom is -0.384 e. The predicted molar refractivity (Wildman–Crippen MR) is 73.4 cm³/mol. The molecule has 0 aliphatic rings. The van der Waals surface area contributed by atoms with Gasteiger partial charge >= 0.3 is 0 Å². The number of rotatable bonds is 4. The number of hydrogen-bond acceptors (Lipinski definition) is 2. The van der Waals surface area contributed by atoms with Gasteiger partial charge in [-0.1, -0.05) is 6.07 Å². The summed E-state index contributed by atoms with van der Waals surface area (Å²) < 4.78 is 25.9. The minimum atomic E-state index is -0.416. The van der Waals surface area contributed by atoms with Crippen LogP contribution in [0.5, 0.6) is 0 Å². The van der Waals surface area contributed by atoms with Gasteiger partial charge in [-0.3, -0.25) is 5.41 Å². The molecule has 0 heterocycles. The molecule has 0 aliphatic carbocycles. The Morgan fingerprint density at radius 3 is 2.32 bits per heavy atom. The molecule has 2 aromatic carbocycles. The molecule has 2 aromatic rings. The van der Waals surface area contributed by atoms with Crippen LogP contribution in [0.3, 0.4) is 0 Å². The third-order valence-corrected chi connectivity index (χ3v) is 3.63. The fraction of sp³-hybridized carbons (Fsp3) is 0.0714. The van der Waals surface area contributed by atoms with E-state index < -0.39 is 5.82 Å². The second-order valence-corrected chi connectivity index (χ2v) is 5.01. The largest absolute Gasteiger partial charge is 0.384 e. The standard InChI is InChI=1S/C14H12F2N2S/c15-10-3-5-12(6-4-10)19-8-9-1-2-11(16)7-13(9)14(17)18/h1-7H,8H2,(H3,17,18). The van der Waals surface area contributed by atoms with Crippen LogP contribution in [0.15, 0.2) is 47.4 Å². The lowest BCUT2D eigenvalue weighted by Gasteiger charge is -2.08. The third-order valence-electron chi connectivity index (χ3n) is 2.57. The summed E-state index contributed by atoms with van der Waals surface area (Å²) in [6.45, 7) is 0. The molecule has 0 radical (unpaired) electrons. The van der Waals surface area contributed by atoms with Crippen LogP contribution in [-0.2, 0) is 5.75 Å². The summed E-state index contributed by atoms with van der Waals surface area (Å²) in [4.78, 5) is 0.903. The number of thioether (sulfide) groups is 1. The van der Waals surface area contributed by atoms with E-state index >= 15 is 0 Å². The Morgan fingerprint density at radius 1 is 1.05 bits per heavy atom. The highest BCUT2D eigenvalue weighted by molar-refractivity contribution is 7.98. The van der Waals surface area contributed by atoms with Gasteiger partial charge in [-0.05, 0) is 42.0 Å². The molecule has 98 valence electrons. The number of nitrogens with two attached hydrogens (primary N) is 1. The van der Waals surface area contributed by atoms with Crippen molar-refractivity contribution in [3.63, 3.8) is 0 Å². The van der Waals surface area contributed by atoms with Gasteiger partial charge < -0.3 is 5.73 Å². The molecule has 0 spiro atoms. The summed E-state index contributed by atoms with van der Waals surface area (Å²) in [6.07, 6.45) is 0. The van der Waals surface area contributed by atoms with Gasteiger partial charge in [0.2, 0.25) is 0 Å². The average molecular weight is 278 g/mol. The molecule has 0 fully saturated rings. The monoisotopic (exact) mass is 278 g/mol. The Bertz CT molecular complexity index is 597. The van der Waals surface area contributed by atoms with E-state index in [4.69, 9.17) is 11.1 Å². The first kappa shape index (κ1) is 13.5. The van der Waals surface area contributed by atoms with Gasteiger partial charge in [0.25, 0.3) is 0 Å². The van der Waals surface area contributed by atoms with Gasteiger partial charge in [-0.2, -0.15) is 0 Å². The molecule has 0 saturated heterocycles. The van der Waals surface area contributed by atoms with Crippen molar-refractivity contribution in [1.82, 2.24) is 0 Å². The van der Waals surface area contributed by atoms with E-state index in [1.54, 1.807) is 18.2 Å². The zero-order chi connectivity index (χ0) is 13.8. The highest BCUT2D eigenvalue weighted by Gasteiger charge is 2.07. The fourth-order valence-electron chi connectivity index (χ4n) is 1.62. The van der Waals surface area contributed by atoms with Crippen LogP contribution in [0.1, 0.15) is 11.1 Å².